The molecule has 0 aromatic carbocycles. The van der Waals surface area contributed by atoms with E-state index in [0.717, 1.165) is 12.8 Å². The molecular weight excluding hydrogens is 194 g/mol. The molecule has 1 aliphatic carbocycles. The van der Waals surface area contributed by atoms with Crippen LogP contribution in [0.1, 0.15) is 26.7 Å². The standard InChI is InChI=1S/C10H19N3O2/c1-10(2,6-11)9(15)12-5-8(14)13-7-3-4-7/h7H,3-6,11H2,1-2H3,(H,12,15)(H,13,14). The quantitative estimate of drug-likeness (QED) is 0.568. The molecule has 0 unspecified atom stereocenters. The van der Waals surface area contributed by atoms with Crippen LogP contribution >= 0.6 is 0 Å². The summed E-state index contributed by atoms with van der Waals surface area (Å²) in [4.78, 5) is 22.8. The van der Waals surface area contributed by atoms with Crippen LogP contribution in [-0.2, 0) is 9.59 Å². The molecule has 0 heterocycles. The highest BCUT2D eigenvalue weighted by molar-refractivity contribution is 5.87. The normalized spacial score (nSPS) is 15.9. The molecule has 0 aliphatic heterocycles. The third kappa shape index (κ3) is 3.87. The van der Waals surface area contributed by atoms with E-state index in [4.69, 9.17) is 5.73 Å². The van der Waals surface area contributed by atoms with E-state index in [1.165, 1.54) is 0 Å². The third-order valence-electron chi connectivity index (χ3n) is 2.48. The molecule has 1 aliphatic rings. The van der Waals surface area contributed by atoms with Crippen molar-refractivity contribution in [3.63, 3.8) is 0 Å². The molecule has 0 radical (unpaired) electrons. The van der Waals surface area contributed by atoms with Crippen LogP contribution in [0, 0.1) is 5.41 Å². The zero-order valence-corrected chi connectivity index (χ0v) is 9.30. The van der Waals surface area contributed by atoms with E-state index in [1.54, 1.807) is 13.8 Å². The lowest BCUT2D eigenvalue weighted by Crippen LogP contribution is -2.45. The van der Waals surface area contributed by atoms with Gasteiger partial charge >= 0.3 is 0 Å². The van der Waals surface area contributed by atoms with Crippen LogP contribution in [0.5, 0.6) is 0 Å². The van der Waals surface area contributed by atoms with Crippen LogP contribution in [0.15, 0.2) is 0 Å². The zero-order chi connectivity index (χ0) is 11.5. The molecule has 86 valence electrons. The van der Waals surface area contributed by atoms with Gasteiger partial charge in [0.15, 0.2) is 0 Å². The Kier molecular flexibility index (Phi) is 3.68. The average molecular weight is 213 g/mol. The van der Waals surface area contributed by atoms with Crippen molar-refractivity contribution in [1.82, 2.24) is 10.6 Å². The Labute approximate surface area is 89.8 Å². The van der Waals surface area contributed by atoms with Crippen molar-refractivity contribution in [2.75, 3.05) is 13.1 Å². The number of hydrogen-bond acceptors (Lipinski definition) is 3. The molecule has 0 aromatic heterocycles. The van der Waals surface area contributed by atoms with Crippen molar-refractivity contribution in [1.29, 1.82) is 0 Å². The molecule has 5 nitrogen and oxygen atoms in total. The maximum atomic E-state index is 11.5. The molecule has 0 bridgehead atoms. The highest BCUT2D eigenvalue weighted by Gasteiger charge is 2.27. The average Bonchev–Trinajstić information content (AvgIpc) is 2.97. The number of nitrogens with two attached hydrogens (primary N) is 1. The largest absolute Gasteiger partial charge is 0.352 e. The van der Waals surface area contributed by atoms with E-state index in [1.807, 2.05) is 0 Å². The van der Waals surface area contributed by atoms with E-state index in [-0.39, 0.29) is 24.9 Å². The first kappa shape index (κ1) is 12.0. The molecule has 4 N–H and O–H groups in total. The smallest absolute Gasteiger partial charge is 0.239 e. The summed E-state index contributed by atoms with van der Waals surface area (Å²) in [6.45, 7) is 3.81. The molecule has 0 aromatic rings. The minimum atomic E-state index is -0.611. The van der Waals surface area contributed by atoms with Crippen LogP contribution in [-0.4, -0.2) is 30.9 Å². The summed E-state index contributed by atoms with van der Waals surface area (Å²) in [5.74, 6) is -0.311. The topological polar surface area (TPSA) is 84.2 Å². The Balaban J connectivity index is 2.23. The van der Waals surface area contributed by atoms with E-state index in [9.17, 15) is 9.59 Å². The monoisotopic (exact) mass is 213 g/mol. The molecule has 1 fully saturated rings. The van der Waals surface area contributed by atoms with E-state index >= 15 is 0 Å². The van der Waals surface area contributed by atoms with Crippen molar-refractivity contribution < 1.29 is 9.59 Å². The van der Waals surface area contributed by atoms with Gasteiger partial charge in [-0.2, -0.15) is 0 Å². The molecule has 15 heavy (non-hydrogen) atoms. The predicted molar refractivity (Wildman–Crippen MR) is 57.0 cm³/mol. The minimum Gasteiger partial charge on any atom is -0.352 e. The highest BCUT2D eigenvalue weighted by Crippen LogP contribution is 2.18. The first-order chi connectivity index (χ1) is 6.95. The molecule has 5 heteroatoms. The molecular formula is C10H19N3O2. The maximum absolute atomic E-state index is 11.5. The fourth-order valence-corrected chi connectivity index (χ4v) is 0.999. The van der Waals surface area contributed by atoms with Gasteiger partial charge in [-0.1, -0.05) is 0 Å². The first-order valence-electron chi connectivity index (χ1n) is 5.23. The van der Waals surface area contributed by atoms with Gasteiger partial charge in [-0.3, -0.25) is 9.59 Å². The number of carbonyl (C=O) groups excluding carboxylic acids is 2. The van der Waals surface area contributed by atoms with Gasteiger partial charge < -0.3 is 16.4 Å². The van der Waals surface area contributed by atoms with Crippen LogP contribution in [0.3, 0.4) is 0 Å². The van der Waals surface area contributed by atoms with Gasteiger partial charge in [0.25, 0.3) is 0 Å². The van der Waals surface area contributed by atoms with Gasteiger partial charge in [-0.15, -0.1) is 0 Å². The number of carbonyl (C=O) groups is 2. The molecule has 0 atom stereocenters. The number of amides is 2. The lowest BCUT2D eigenvalue weighted by molar-refractivity contribution is -0.131. The van der Waals surface area contributed by atoms with Crippen molar-refractivity contribution >= 4 is 11.8 Å². The number of rotatable bonds is 5. The first-order valence-corrected chi connectivity index (χ1v) is 5.23. The predicted octanol–water partition coefficient (Wildman–Crippen LogP) is -0.634. The minimum absolute atomic E-state index is 0.0404. The summed E-state index contributed by atoms with van der Waals surface area (Å²) in [5.41, 5.74) is 4.83. The lowest BCUT2D eigenvalue weighted by Gasteiger charge is -2.20. The van der Waals surface area contributed by atoms with Gasteiger partial charge in [0, 0.05) is 12.6 Å². The van der Waals surface area contributed by atoms with Gasteiger partial charge in [-0.05, 0) is 26.7 Å². The summed E-state index contributed by atoms with van der Waals surface area (Å²) in [7, 11) is 0. The van der Waals surface area contributed by atoms with Gasteiger partial charge in [0.2, 0.25) is 11.8 Å². The van der Waals surface area contributed by atoms with Crippen molar-refractivity contribution in [3.8, 4) is 0 Å². The number of nitrogens with one attached hydrogen (secondary N) is 2. The van der Waals surface area contributed by atoms with Crippen molar-refractivity contribution in [2.45, 2.75) is 32.7 Å². The van der Waals surface area contributed by atoms with Crippen LogP contribution < -0.4 is 16.4 Å². The SMILES string of the molecule is CC(C)(CN)C(=O)NCC(=O)NC1CC1. The Morgan fingerprint density at radius 2 is 2.00 bits per heavy atom. The second kappa shape index (κ2) is 4.61. The van der Waals surface area contributed by atoms with Gasteiger partial charge in [0.1, 0.15) is 0 Å². The second-order valence-electron chi connectivity index (χ2n) is 4.61. The lowest BCUT2D eigenvalue weighted by atomic mass is 9.93. The second-order valence-corrected chi connectivity index (χ2v) is 4.61. The summed E-state index contributed by atoms with van der Waals surface area (Å²) in [6.07, 6.45) is 2.10. The highest BCUT2D eigenvalue weighted by atomic mass is 16.2. The van der Waals surface area contributed by atoms with Crippen LogP contribution in [0.25, 0.3) is 0 Å². The molecule has 1 saturated carbocycles. The van der Waals surface area contributed by atoms with E-state index in [2.05, 4.69) is 10.6 Å². The van der Waals surface area contributed by atoms with Crippen molar-refractivity contribution in [3.05, 3.63) is 0 Å². The summed E-state index contributed by atoms with van der Waals surface area (Å²) in [5, 5.41) is 5.37. The van der Waals surface area contributed by atoms with E-state index in [0.29, 0.717) is 6.04 Å². The molecule has 0 spiro atoms. The fraction of sp³-hybridized carbons (Fsp3) is 0.800. The Bertz CT molecular complexity index is 259. The fourth-order valence-electron chi connectivity index (χ4n) is 0.999. The maximum Gasteiger partial charge on any atom is 0.239 e. The third-order valence-corrected chi connectivity index (χ3v) is 2.48. The van der Waals surface area contributed by atoms with Crippen LogP contribution in [0.2, 0.25) is 0 Å². The summed E-state index contributed by atoms with van der Waals surface area (Å²) >= 11 is 0. The van der Waals surface area contributed by atoms with Gasteiger partial charge in [-0.25, -0.2) is 0 Å². The van der Waals surface area contributed by atoms with E-state index < -0.39 is 5.41 Å². The Morgan fingerprint density at radius 1 is 1.40 bits per heavy atom. The summed E-state index contributed by atoms with van der Waals surface area (Å²) in [6, 6.07) is 0.330. The number of hydrogen-bond donors (Lipinski definition) is 3. The Hall–Kier alpha value is -1.10. The zero-order valence-electron chi connectivity index (χ0n) is 9.30. The van der Waals surface area contributed by atoms with Gasteiger partial charge in [0.05, 0.1) is 12.0 Å². The van der Waals surface area contributed by atoms with Crippen molar-refractivity contribution in [2.24, 2.45) is 11.1 Å². The Morgan fingerprint density at radius 3 is 2.47 bits per heavy atom. The molecule has 1 rings (SSSR count). The summed E-state index contributed by atoms with van der Waals surface area (Å²) < 4.78 is 0. The molecule has 2 amide bonds. The molecule has 0 saturated heterocycles. The van der Waals surface area contributed by atoms with Crippen LogP contribution in [0.4, 0.5) is 0 Å².